The average molecular weight is 300 g/mol. The van der Waals surface area contributed by atoms with E-state index >= 15 is 0 Å². The minimum atomic E-state index is -0.484. The summed E-state index contributed by atoms with van der Waals surface area (Å²) in [4.78, 5) is 14.8. The maximum atomic E-state index is 11.0. The van der Waals surface area contributed by atoms with Gasteiger partial charge in [0.15, 0.2) is 17.3 Å². The van der Waals surface area contributed by atoms with Gasteiger partial charge in [-0.05, 0) is 24.3 Å². The Morgan fingerprint density at radius 3 is 2.64 bits per heavy atom. The lowest BCUT2D eigenvalue weighted by Gasteiger charge is -2.07. The lowest BCUT2D eigenvalue weighted by molar-refractivity contribution is -0.383. The molecule has 0 saturated heterocycles. The van der Waals surface area contributed by atoms with Crippen LogP contribution in [0.3, 0.4) is 0 Å². The maximum Gasteiger partial charge on any atom is 0.313 e. The van der Waals surface area contributed by atoms with Crippen molar-refractivity contribution in [2.75, 3.05) is 14.2 Å². The Morgan fingerprint density at radius 1 is 1.18 bits per heavy atom. The highest BCUT2D eigenvalue weighted by Crippen LogP contribution is 2.31. The number of ether oxygens (including phenoxy) is 2. The SMILES string of the molecule is COc1ccc(-c2nc3c([N+](=O)[O-])cccn3n2)cc1OC. The molecule has 8 heteroatoms. The standard InChI is InChI=1S/C14H12N4O4/c1-21-11-6-5-9(8-12(11)22-2)13-15-14-10(18(19)20)4-3-7-17(14)16-13/h3-8H,1-2H3. The zero-order chi connectivity index (χ0) is 15.7. The van der Waals surface area contributed by atoms with Gasteiger partial charge in [-0.3, -0.25) is 10.1 Å². The summed E-state index contributed by atoms with van der Waals surface area (Å²) in [5.41, 5.74) is 0.773. The van der Waals surface area contributed by atoms with Crippen LogP contribution >= 0.6 is 0 Å². The molecule has 8 nitrogen and oxygen atoms in total. The van der Waals surface area contributed by atoms with Crippen LogP contribution in [-0.2, 0) is 0 Å². The second-order valence-electron chi connectivity index (χ2n) is 4.42. The third-order valence-corrected chi connectivity index (χ3v) is 3.18. The first-order chi connectivity index (χ1) is 10.6. The molecule has 2 heterocycles. The van der Waals surface area contributed by atoms with E-state index in [9.17, 15) is 10.1 Å². The van der Waals surface area contributed by atoms with Gasteiger partial charge in [0, 0.05) is 17.8 Å². The normalized spacial score (nSPS) is 10.6. The van der Waals surface area contributed by atoms with Crippen molar-refractivity contribution in [3.05, 3.63) is 46.6 Å². The van der Waals surface area contributed by atoms with E-state index in [1.807, 2.05) is 0 Å². The zero-order valence-electron chi connectivity index (χ0n) is 11.9. The van der Waals surface area contributed by atoms with Gasteiger partial charge >= 0.3 is 5.69 Å². The van der Waals surface area contributed by atoms with Gasteiger partial charge in [0.2, 0.25) is 5.65 Å². The van der Waals surface area contributed by atoms with Crippen LogP contribution in [0.5, 0.6) is 11.5 Å². The average Bonchev–Trinajstić information content (AvgIpc) is 2.97. The van der Waals surface area contributed by atoms with Crippen LogP contribution in [0, 0.1) is 10.1 Å². The lowest BCUT2D eigenvalue weighted by atomic mass is 10.2. The van der Waals surface area contributed by atoms with Crippen molar-refractivity contribution < 1.29 is 14.4 Å². The summed E-state index contributed by atoms with van der Waals surface area (Å²) in [5, 5.41) is 15.3. The number of fused-ring (bicyclic) bond motifs is 1. The second kappa shape index (κ2) is 5.32. The van der Waals surface area contributed by atoms with Crippen molar-refractivity contribution in [3.63, 3.8) is 0 Å². The fraction of sp³-hybridized carbons (Fsp3) is 0.143. The summed E-state index contributed by atoms with van der Waals surface area (Å²) in [6.07, 6.45) is 1.61. The molecule has 0 amide bonds. The Bertz CT molecular complexity index is 859. The van der Waals surface area contributed by atoms with Crippen LogP contribution in [0.25, 0.3) is 17.0 Å². The van der Waals surface area contributed by atoms with Gasteiger partial charge in [0.1, 0.15) is 0 Å². The van der Waals surface area contributed by atoms with Crippen molar-refractivity contribution in [1.29, 1.82) is 0 Å². The van der Waals surface area contributed by atoms with Gasteiger partial charge in [0.05, 0.1) is 19.1 Å². The van der Waals surface area contributed by atoms with E-state index in [1.54, 1.807) is 37.6 Å². The minimum Gasteiger partial charge on any atom is -0.493 e. The third kappa shape index (κ3) is 2.20. The predicted molar refractivity (Wildman–Crippen MR) is 78.2 cm³/mol. The number of hydrogen-bond acceptors (Lipinski definition) is 6. The number of hydrogen-bond donors (Lipinski definition) is 0. The fourth-order valence-corrected chi connectivity index (χ4v) is 2.13. The van der Waals surface area contributed by atoms with Gasteiger partial charge < -0.3 is 9.47 Å². The smallest absolute Gasteiger partial charge is 0.313 e. The molecule has 1 aromatic carbocycles. The van der Waals surface area contributed by atoms with Gasteiger partial charge in [-0.15, -0.1) is 5.10 Å². The molecule has 0 saturated carbocycles. The van der Waals surface area contributed by atoms with E-state index in [2.05, 4.69) is 10.1 Å². The summed E-state index contributed by atoms with van der Waals surface area (Å²) in [6.45, 7) is 0. The van der Waals surface area contributed by atoms with E-state index in [0.29, 0.717) is 22.9 Å². The number of methoxy groups -OCH3 is 2. The molecule has 0 spiro atoms. The minimum absolute atomic E-state index is 0.0956. The molecule has 0 aliphatic rings. The summed E-state index contributed by atoms with van der Waals surface area (Å²) >= 11 is 0. The van der Waals surface area contributed by atoms with Gasteiger partial charge in [0.25, 0.3) is 0 Å². The van der Waals surface area contributed by atoms with E-state index in [1.165, 1.54) is 17.7 Å². The van der Waals surface area contributed by atoms with E-state index in [-0.39, 0.29) is 11.3 Å². The number of nitrogens with zero attached hydrogens (tertiary/aromatic N) is 4. The molecule has 0 fully saturated rings. The summed E-state index contributed by atoms with van der Waals surface area (Å²) in [7, 11) is 3.08. The largest absolute Gasteiger partial charge is 0.493 e. The van der Waals surface area contributed by atoms with Crippen molar-refractivity contribution in [3.8, 4) is 22.9 Å². The van der Waals surface area contributed by atoms with Crippen molar-refractivity contribution >= 4 is 11.3 Å². The van der Waals surface area contributed by atoms with Crippen LogP contribution in [0.4, 0.5) is 5.69 Å². The summed E-state index contributed by atoms with van der Waals surface area (Å²) in [5.74, 6) is 1.49. The highest BCUT2D eigenvalue weighted by atomic mass is 16.6. The number of rotatable bonds is 4. The lowest BCUT2D eigenvalue weighted by Crippen LogP contribution is -1.93. The van der Waals surface area contributed by atoms with Crippen molar-refractivity contribution in [2.24, 2.45) is 0 Å². The molecular weight excluding hydrogens is 288 g/mol. The Labute approximate surface area is 125 Å². The van der Waals surface area contributed by atoms with Crippen molar-refractivity contribution in [2.45, 2.75) is 0 Å². The number of aromatic nitrogens is 3. The predicted octanol–water partition coefficient (Wildman–Crippen LogP) is 2.32. The first-order valence-corrected chi connectivity index (χ1v) is 6.36. The molecule has 3 rings (SSSR count). The third-order valence-electron chi connectivity index (χ3n) is 3.18. The summed E-state index contributed by atoms with van der Waals surface area (Å²) < 4.78 is 11.8. The number of pyridine rings is 1. The van der Waals surface area contributed by atoms with Crippen LogP contribution in [-0.4, -0.2) is 33.7 Å². The van der Waals surface area contributed by atoms with Crippen LogP contribution in [0.15, 0.2) is 36.5 Å². The first kappa shape index (κ1) is 13.8. The monoisotopic (exact) mass is 300 g/mol. The molecule has 3 aromatic rings. The van der Waals surface area contributed by atoms with E-state index < -0.39 is 4.92 Å². The topological polar surface area (TPSA) is 91.8 Å². The number of benzene rings is 1. The highest BCUT2D eigenvalue weighted by molar-refractivity contribution is 5.66. The van der Waals surface area contributed by atoms with Crippen LogP contribution < -0.4 is 9.47 Å². The molecule has 0 unspecified atom stereocenters. The molecule has 22 heavy (non-hydrogen) atoms. The fourth-order valence-electron chi connectivity index (χ4n) is 2.13. The molecule has 0 atom stereocenters. The van der Waals surface area contributed by atoms with Crippen LogP contribution in [0.1, 0.15) is 0 Å². The molecular formula is C14H12N4O4. The first-order valence-electron chi connectivity index (χ1n) is 6.36. The highest BCUT2D eigenvalue weighted by Gasteiger charge is 2.17. The number of nitro groups is 1. The molecule has 2 aromatic heterocycles. The molecule has 0 radical (unpaired) electrons. The van der Waals surface area contributed by atoms with E-state index in [4.69, 9.17) is 9.47 Å². The Balaban J connectivity index is 2.15. The Morgan fingerprint density at radius 2 is 1.95 bits per heavy atom. The van der Waals surface area contributed by atoms with Crippen LogP contribution in [0.2, 0.25) is 0 Å². The summed E-state index contributed by atoms with van der Waals surface area (Å²) in [6, 6.07) is 8.16. The quantitative estimate of drug-likeness (QED) is 0.542. The molecule has 0 bridgehead atoms. The maximum absolute atomic E-state index is 11.0. The zero-order valence-corrected chi connectivity index (χ0v) is 11.9. The van der Waals surface area contributed by atoms with Gasteiger partial charge in [-0.1, -0.05) is 0 Å². The Hall–Kier alpha value is -3.16. The van der Waals surface area contributed by atoms with E-state index in [0.717, 1.165) is 0 Å². The Kier molecular flexibility index (Phi) is 3.34. The van der Waals surface area contributed by atoms with Crippen molar-refractivity contribution in [1.82, 2.24) is 14.6 Å². The second-order valence-corrected chi connectivity index (χ2v) is 4.42. The molecule has 0 aliphatic carbocycles. The molecule has 0 N–H and O–H groups in total. The van der Waals surface area contributed by atoms with Gasteiger partial charge in [-0.2, -0.15) is 0 Å². The van der Waals surface area contributed by atoms with Gasteiger partial charge in [-0.25, -0.2) is 9.50 Å². The molecule has 0 aliphatic heterocycles. The molecule has 112 valence electrons.